The summed E-state index contributed by atoms with van der Waals surface area (Å²) in [5.41, 5.74) is 0. The topological polar surface area (TPSA) is 33.0 Å². The van der Waals surface area contributed by atoms with Gasteiger partial charge in [0, 0.05) is 17.0 Å². The molecule has 0 N–H and O–H groups in total. The van der Waals surface area contributed by atoms with Gasteiger partial charge in [0.25, 0.3) is 0 Å². The minimum atomic E-state index is -0.323. The van der Waals surface area contributed by atoms with Crippen LogP contribution in [-0.2, 0) is 0 Å². The number of nitriles is 1. The predicted octanol–water partition coefficient (Wildman–Crippen LogP) is 3.66. The first kappa shape index (κ1) is 12.0. The van der Waals surface area contributed by atoms with E-state index < -0.39 is 0 Å². The van der Waals surface area contributed by atoms with Gasteiger partial charge in [0.15, 0.2) is 0 Å². The molecule has 0 aliphatic carbocycles. The third kappa shape index (κ3) is 4.80. The molecule has 0 fully saturated rings. The summed E-state index contributed by atoms with van der Waals surface area (Å²) in [5.74, 6) is 0.190. The second-order valence-corrected chi connectivity index (χ2v) is 3.98. The van der Waals surface area contributed by atoms with Gasteiger partial charge < -0.3 is 4.74 Å². The summed E-state index contributed by atoms with van der Waals surface area (Å²) < 4.78 is 18.9. The molecule has 0 saturated heterocycles. The number of nitrogens with zero attached hydrogens (tertiary/aromatic N) is 1. The number of ether oxygens (including phenoxy) is 1. The summed E-state index contributed by atoms with van der Waals surface area (Å²) in [6.45, 7) is 0.511. The van der Waals surface area contributed by atoms with Crippen molar-refractivity contribution in [3.05, 3.63) is 28.5 Å². The largest absolute Gasteiger partial charge is 0.493 e. The van der Waals surface area contributed by atoms with E-state index in [2.05, 4.69) is 22.0 Å². The fraction of sp³-hybridized carbons (Fsp3) is 0.364. The molecular weight excluding hydrogens is 261 g/mol. The second-order valence-electron chi connectivity index (χ2n) is 3.07. The molecule has 0 aliphatic heterocycles. The van der Waals surface area contributed by atoms with E-state index in [1.54, 1.807) is 6.07 Å². The molecule has 4 heteroatoms. The lowest BCUT2D eigenvalue weighted by Crippen LogP contribution is -1.97. The first-order chi connectivity index (χ1) is 7.22. The van der Waals surface area contributed by atoms with Crippen molar-refractivity contribution in [1.82, 2.24) is 0 Å². The Balaban J connectivity index is 2.34. The summed E-state index contributed by atoms with van der Waals surface area (Å²) in [6.07, 6.45) is 2.16. The van der Waals surface area contributed by atoms with Crippen molar-refractivity contribution < 1.29 is 9.13 Å². The molecule has 0 heterocycles. The minimum Gasteiger partial charge on any atom is -0.493 e. The Kier molecular flexibility index (Phi) is 5.13. The van der Waals surface area contributed by atoms with Crippen LogP contribution in [0.2, 0.25) is 0 Å². The quantitative estimate of drug-likeness (QED) is 0.766. The fourth-order valence-corrected chi connectivity index (χ4v) is 1.55. The molecule has 0 unspecified atom stereocenters. The van der Waals surface area contributed by atoms with Crippen molar-refractivity contribution >= 4 is 15.9 Å². The van der Waals surface area contributed by atoms with Crippen molar-refractivity contribution in [1.29, 1.82) is 5.26 Å². The summed E-state index contributed by atoms with van der Waals surface area (Å²) in [7, 11) is 0. The molecule has 1 aromatic carbocycles. The van der Waals surface area contributed by atoms with Crippen LogP contribution in [0.25, 0.3) is 0 Å². The smallest absolute Gasteiger partial charge is 0.128 e. The van der Waals surface area contributed by atoms with E-state index in [1.165, 1.54) is 12.1 Å². The van der Waals surface area contributed by atoms with Crippen LogP contribution in [0.4, 0.5) is 4.39 Å². The van der Waals surface area contributed by atoms with E-state index in [9.17, 15) is 4.39 Å². The molecular formula is C11H11BrFNO. The standard InChI is InChI=1S/C11H11BrFNO/c12-9-6-10(13)8-11(7-9)15-5-3-1-2-4-14/h6-8H,1-3,5H2. The SMILES string of the molecule is N#CCCCCOc1cc(F)cc(Br)c1. The van der Waals surface area contributed by atoms with Crippen molar-refractivity contribution in [3.8, 4) is 11.8 Å². The van der Waals surface area contributed by atoms with Crippen molar-refractivity contribution in [2.75, 3.05) is 6.61 Å². The Morgan fingerprint density at radius 3 is 2.80 bits per heavy atom. The van der Waals surface area contributed by atoms with Gasteiger partial charge in [-0.1, -0.05) is 15.9 Å². The summed E-state index contributed by atoms with van der Waals surface area (Å²) >= 11 is 3.18. The highest BCUT2D eigenvalue weighted by Gasteiger charge is 1.99. The van der Waals surface area contributed by atoms with Crippen LogP contribution in [0, 0.1) is 17.1 Å². The molecule has 0 spiro atoms. The van der Waals surface area contributed by atoms with Crippen LogP contribution >= 0.6 is 15.9 Å². The molecule has 0 bridgehead atoms. The Bertz CT molecular complexity index is 342. The molecule has 15 heavy (non-hydrogen) atoms. The molecule has 2 nitrogen and oxygen atoms in total. The molecule has 1 rings (SSSR count). The van der Waals surface area contributed by atoms with E-state index in [-0.39, 0.29) is 5.82 Å². The molecule has 1 aromatic rings. The number of rotatable bonds is 5. The lowest BCUT2D eigenvalue weighted by Gasteiger charge is -2.05. The van der Waals surface area contributed by atoms with Crippen LogP contribution in [-0.4, -0.2) is 6.61 Å². The maximum absolute atomic E-state index is 12.9. The van der Waals surface area contributed by atoms with E-state index in [1.807, 2.05) is 0 Å². The lowest BCUT2D eigenvalue weighted by atomic mass is 10.2. The zero-order chi connectivity index (χ0) is 11.1. The van der Waals surface area contributed by atoms with Gasteiger partial charge in [-0.2, -0.15) is 5.26 Å². The van der Waals surface area contributed by atoms with Gasteiger partial charge in [-0.3, -0.25) is 0 Å². The van der Waals surface area contributed by atoms with Crippen LogP contribution < -0.4 is 4.74 Å². The summed E-state index contributed by atoms with van der Waals surface area (Å²) in [4.78, 5) is 0. The third-order valence-corrected chi connectivity index (χ3v) is 2.25. The maximum atomic E-state index is 12.9. The molecule has 0 aromatic heterocycles. The van der Waals surface area contributed by atoms with E-state index in [0.29, 0.717) is 23.2 Å². The second kappa shape index (κ2) is 6.41. The summed E-state index contributed by atoms with van der Waals surface area (Å²) in [5, 5.41) is 8.31. The first-order valence-corrected chi connectivity index (χ1v) is 5.47. The van der Waals surface area contributed by atoms with Gasteiger partial charge in [0.2, 0.25) is 0 Å². The monoisotopic (exact) mass is 271 g/mol. The van der Waals surface area contributed by atoms with Gasteiger partial charge in [-0.15, -0.1) is 0 Å². The van der Waals surface area contributed by atoms with E-state index in [4.69, 9.17) is 10.00 Å². The molecule has 0 radical (unpaired) electrons. The van der Waals surface area contributed by atoms with Crippen LogP contribution in [0.3, 0.4) is 0 Å². The van der Waals surface area contributed by atoms with Gasteiger partial charge in [-0.05, 0) is 25.0 Å². The lowest BCUT2D eigenvalue weighted by molar-refractivity contribution is 0.306. The Hall–Kier alpha value is -1.08. The van der Waals surface area contributed by atoms with Crippen LogP contribution in [0.5, 0.6) is 5.75 Å². The number of unbranched alkanes of at least 4 members (excludes halogenated alkanes) is 2. The Morgan fingerprint density at radius 2 is 2.13 bits per heavy atom. The van der Waals surface area contributed by atoms with Gasteiger partial charge in [-0.25, -0.2) is 4.39 Å². The zero-order valence-electron chi connectivity index (χ0n) is 8.17. The molecule has 0 saturated carbocycles. The van der Waals surface area contributed by atoms with E-state index >= 15 is 0 Å². The van der Waals surface area contributed by atoms with Gasteiger partial charge in [0.05, 0.1) is 12.7 Å². The summed E-state index contributed by atoms with van der Waals surface area (Å²) in [6, 6.07) is 6.50. The predicted molar refractivity (Wildman–Crippen MR) is 59.1 cm³/mol. The highest BCUT2D eigenvalue weighted by Crippen LogP contribution is 2.20. The van der Waals surface area contributed by atoms with Gasteiger partial charge >= 0.3 is 0 Å². The Labute approximate surface area is 96.8 Å². The number of halogens is 2. The molecule has 0 amide bonds. The zero-order valence-corrected chi connectivity index (χ0v) is 9.76. The van der Waals surface area contributed by atoms with E-state index in [0.717, 1.165) is 12.8 Å². The molecule has 0 aliphatic rings. The van der Waals surface area contributed by atoms with Crippen molar-refractivity contribution in [2.45, 2.75) is 19.3 Å². The average molecular weight is 272 g/mol. The maximum Gasteiger partial charge on any atom is 0.128 e. The van der Waals surface area contributed by atoms with Crippen molar-refractivity contribution in [3.63, 3.8) is 0 Å². The number of benzene rings is 1. The number of hydrogen-bond acceptors (Lipinski definition) is 2. The van der Waals surface area contributed by atoms with Crippen molar-refractivity contribution in [2.24, 2.45) is 0 Å². The third-order valence-electron chi connectivity index (χ3n) is 1.79. The first-order valence-electron chi connectivity index (χ1n) is 4.68. The van der Waals surface area contributed by atoms with Gasteiger partial charge in [0.1, 0.15) is 11.6 Å². The normalized spacial score (nSPS) is 9.67. The minimum absolute atomic E-state index is 0.323. The Morgan fingerprint density at radius 1 is 1.33 bits per heavy atom. The molecule has 0 atom stereocenters. The number of hydrogen-bond donors (Lipinski definition) is 0. The average Bonchev–Trinajstić information content (AvgIpc) is 2.16. The highest BCUT2D eigenvalue weighted by atomic mass is 79.9. The highest BCUT2D eigenvalue weighted by molar-refractivity contribution is 9.10. The van der Waals surface area contributed by atoms with Crippen LogP contribution in [0.1, 0.15) is 19.3 Å². The fourth-order valence-electron chi connectivity index (χ4n) is 1.11. The molecule has 80 valence electrons. The van der Waals surface area contributed by atoms with Crippen LogP contribution in [0.15, 0.2) is 22.7 Å².